The lowest BCUT2D eigenvalue weighted by Crippen LogP contribution is -2.17. The summed E-state index contributed by atoms with van der Waals surface area (Å²) in [6.07, 6.45) is 0. The van der Waals surface area contributed by atoms with Gasteiger partial charge in [0, 0.05) is 13.1 Å². The van der Waals surface area contributed by atoms with Crippen molar-refractivity contribution in [3.63, 3.8) is 0 Å². The van der Waals surface area contributed by atoms with E-state index in [0.717, 1.165) is 24.2 Å². The molecule has 0 aromatic heterocycles. The summed E-state index contributed by atoms with van der Waals surface area (Å²) in [7, 11) is 2.02. The Labute approximate surface area is 129 Å². The SMILES string of the molecule is CN(Cc1ccc(C#N)cc1)Cc1cccc(Cl)c1Cl. The monoisotopic (exact) mass is 304 g/mol. The quantitative estimate of drug-likeness (QED) is 0.831. The lowest BCUT2D eigenvalue weighted by molar-refractivity contribution is 0.319. The van der Waals surface area contributed by atoms with Crippen molar-refractivity contribution in [1.82, 2.24) is 4.90 Å². The van der Waals surface area contributed by atoms with Crippen LogP contribution in [0, 0.1) is 11.3 Å². The molecule has 0 unspecified atom stereocenters. The Morgan fingerprint density at radius 1 is 1.05 bits per heavy atom. The summed E-state index contributed by atoms with van der Waals surface area (Å²) in [5, 5.41) is 9.97. The average Bonchev–Trinajstić information content (AvgIpc) is 2.45. The first-order chi connectivity index (χ1) is 9.60. The molecule has 102 valence electrons. The van der Waals surface area contributed by atoms with Gasteiger partial charge in [0.05, 0.1) is 21.7 Å². The number of nitrogens with zero attached hydrogens (tertiary/aromatic N) is 2. The van der Waals surface area contributed by atoms with Gasteiger partial charge < -0.3 is 0 Å². The lowest BCUT2D eigenvalue weighted by Gasteiger charge is -2.18. The molecule has 0 amide bonds. The van der Waals surface area contributed by atoms with Crippen LogP contribution in [0.15, 0.2) is 42.5 Å². The normalized spacial score (nSPS) is 10.6. The minimum Gasteiger partial charge on any atom is -0.298 e. The molecular weight excluding hydrogens is 291 g/mol. The third-order valence-electron chi connectivity index (χ3n) is 3.01. The van der Waals surface area contributed by atoms with Crippen molar-refractivity contribution in [3.8, 4) is 6.07 Å². The molecule has 0 saturated heterocycles. The Kier molecular flexibility index (Phi) is 5.03. The molecule has 0 saturated carbocycles. The maximum absolute atomic E-state index is 8.77. The van der Waals surface area contributed by atoms with Crippen LogP contribution in [-0.2, 0) is 13.1 Å². The van der Waals surface area contributed by atoms with Gasteiger partial charge in [0.2, 0.25) is 0 Å². The fraction of sp³-hybridized carbons (Fsp3) is 0.188. The van der Waals surface area contributed by atoms with Crippen molar-refractivity contribution in [1.29, 1.82) is 5.26 Å². The molecule has 0 fully saturated rings. The number of benzene rings is 2. The number of hydrogen-bond donors (Lipinski definition) is 0. The van der Waals surface area contributed by atoms with E-state index in [1.165, 1.54) is 0 Å². The molecule has 0 aliphatic rings. The van der Waals surface area contributed by atoms with Crippen molar-refractivity contribution >= 4 is 23.2 Å². The van der Waals surface area contributed by atoms with Gasteiger partial charge in [-0.2, -0.15) is 5.26 Å². The second-order valence-electron chi connectivity index (χ2n) is 4.69. The van der Waals surface area contributed by atoms with E-state index in [2.05, 4.69) is 11.0 Å². The van der Waals surface area contributed by atoms with E-state index >= 15 is 0 Å². The molecule has 0 aliphatic heterocycles. The molecule has 0 spiro atoms. The molecule has 2 nitrogen and oxygen atoms in total. The van der Waals surface area contributed by atoms with Crippen LogP contribution in [0.1, 0.15) is 16.7 Å². The number of hydrogen-bond acceptors (Lipinski definition) is 2. The highest BCUT2D eigenvalue weighted by Gasteiger charge is 2.07. The highest BCUT2D eigenvalue weighted by Crippen LogP contribution is 2.26. The molecule has 0 N–H and O–H groups in total. The first-order valence-electron chi connectivity index (χ1n) is 6.20. The molecule has 20 heavy (non-hydrogen) atoms. The van der Waals surface area contributed by atoms with Crippen LogP contribution in [-0.4, -0.2) is 11.9 Å². The minimum absolute atomic E-state index is 0.580. The highest BCUT2D eigenvalue weighted by atomic mass is 35.5. The molecule has 2 rings (SSSR count). The van der Waals surface area contributed by atoms with Gasteiger partial charge in [-0.15, -0.1) is 0 Å². The van der Waals surface area contributed by atoms with Crippen LogP contribution in [0.25, 0.3) is 0 Å². The second kappa shape index (κ2) is 6.76. The average molecular weight is 305 g/mol. The van der Waals surface area contributed by atoms with E-state index in [-0.39, 0.29) is 0 Å². The summed E-state index contributed by atoms with van der Waals surface area (Å²) in [4.78, 5) is 2.15. The molecule has 0 aliphatic carbocycles. The zero-order chi connectivity index (χ0) is 14.5. The van der Waals surface area contributed by atoms with E-state index in [9.17, 15) is 0 Å². The molecule has 2 aromatic carbocycles. The van der Waals surface area contributed by atoms with Gasteiger partial charge in [-0.3, -0.25) is 4.90 Å². The highest BCUT2D eigenvalue weighted by molar-refractivity contribution is 6.42. The molecule has 0 atom stereocenters. The summed E-state index contributed by atoms with van der Waals surface area (Å²) in [6, 6.07) is 15.4. The summed E-state index contributed by atoms with van der Waals surface area (Å²) >= 11 is 12.2. The van der Waals surface area contributed by atoms with Crippen molar-refractivity contribution < 1.29 is 0 Å². The van der Waals surface area contributed by atoms with Crippen LogP contribution in [0.4, 0.5) is 0 Å². The van der Waals surface area contributed by atoms with E-state index in [1.807, 2.05) is 43.4 Å². The second-order valence-corrected chi connectivity index (χ2v) is 5.48. The zero-order valence-electron chi connectivity index (χ0n) is 11.1. The summed E-state index contributed by atoms with van der Waals surface area (Å²) < 4.78 is 0. The van der Waals surface area contributed by atoms with Crippen molar-refractivity contribution in [2.24, 2.45) is 0 Å². The molecule has 2 aromatic rings. The Balaban J connectivity index is 2.03. The predicted octanol–water partition coefficient (Wildman–Crippen LogP) is 4.50. The lowest BCUT2D eigenvalue weighted by atomic mass is 10.1. The largest absolute Gasteiger partial charge is 0.298 e. The predicted molar refractivity (Wildman–Crippen MR) is 82.8 cm³/mol. The maximum Gasteiger partial charge on any atom is 0.0991 e. The van der Waals surface area contributed by atoms with E-state index in [4.69, 9.17) is 28.5 Å². The van der Waals surface area contributed by atoms with Gasteiger partial charge >= 0.3 is 0 Å². The minimum atomic E-state index is 0.580. The van der Waals surface area contributed by atoms with Crippen LogP contribution in [0.2, 0.25) is 10.0 Å². The van der Waals surface area contributed by atoms with E-state index in [1.54, 1.807) is 6.07 Å². The third kappa shape index (κ3) is 3.74. The van der Waals surface area contributed by atoms with Crippen molar-refractivity contribution in [3.05, 3.63) is 69.2 Å². The van der Waals surface area contributed by atoms with Crippen molar-refractivity contribution in [2.75, 3.05) is 7.05 Å². The Hall–Kier alpha value is -1.53. The standard InChI is InChI=1S/C16H14Cl2N2/c1-20(10-13-7-5-12(9-19)6-8-13)11-14-3-2-4-15(17)16(14)18/h2-8H,10-11H2,1H3. The zero-order valence-corrected chi connectivity index (χ0v) is 12.6. The first kappa shape index (κ1) is 14.9. The van der Waals surface area contributed by atoms with Crippen molar-refractivity contribution in [2.45, 2.75) is 13.1 Å². The molecule has 4 heteroatoms. The van der Waals surface area contributed by atoms with Gasteiger partial charge in [-0.05, 0) is 36.4 Å². The maximum atomic E-state index is 8.77. The van der Waals surface area contributed by atoms with Gasteiger partial charge in [0.1, 0.15) is 0 Å². The van der Waals surface area contributed by atoms with Crippen LogP contribution in [0.3, 0.4) is 0 Å². The fourth-order valence-corrected chi connectivity index (χ4v) is 2.39. The number of halogens is 2. The van der Waals surface area contributed by atoms with Crippen LogP contribution >= 0.6 is 23.2 Å². The summed E-state index contributed by atoms with van der Waals surface area (Å²) in [6.45, 7) is 1.51. The Bertz CT molecular complexity index is 630. The fourth-order valence-electron chi connectivity index (χ4n) is 2.01. The molecule has 0 bridgehead atoms. The summed E-state index contributed by atoms with van der Waals surface area (Å²) in [5.74, 6) is 0. The first-order valence-corrected chi connectivity index (χ1v) is 6.96. The number of rotatable bonds is 4. The van der Waals surface area contributed by atoms with Gasteiger partial charge in [-0.25, -0.2) is 0 Å². The van der Waals surface area contributed by atoms with Crippen LogP contribution in [0.5, 0.6) is 0 Å². The van der Waals surface area contributed by atoms with Gasteiger partial charge in [0.15, 0.2) is 0 Å². The van der Waals surface area contributed by atoms with Gasteiger partial charge in [-0.1, -0.05) is 47.5 Å². The topological polar surface area (TPSA) is 27.0 Å². The molecular formula is C16H14Cl2N2. The smallest absolute Gasteiger partial charge is 0.0991 e. The Morgan fingerprint density at radius 2 is 1.75 bits per heavy atom. The van der Waals surface area contributed by atoms with Gasteiger partial charge in [0.25, 0.3) is 0 Å². The number of nitriles is 1. The summed E-state index contributed by atoms with van der Waals surface area (Å²) in [5.41, 5.74) is 2.84. The van der Waals surface area contributed by atoms with E-state index < -0.39 is 0 Å². The molecule has 0 radical (unpaired) electrons. The van der Waals surface area contributed by atoms with Crippen LogP contribution < -0.4 is 0 Å². The third-order valence-corrected chi connectivity index (χ3v) is 3.87. The van der Waals surface area contributed by atoms with E-state index in [0.29, 0.717) is 15.6 Å². The molecule has 0 heterocycles. The Morgan fingerprint density at radius 3 is 2.40 bits per heavy atom.